The summed E-state index contributed by atoms with van der Waals surface area (Å²) >= 11 is 0. The molecule has 7 nitrogen and oxygen atoms in total. The summed E-state index contributed by atoms with van der Waals surface area (Å²) in [6, 6.07) is 7.31. The number of nitriles is 1. The minimum absolute atomic E-state index is 0. The first kappa shape index (κ1) is 22.6. The summed E-state index contributed by atoms with van der Waals surface area (Å²) in [6.07, 6.45) is -0.576. The molecule has 1 rings (SSSR count). The third-order valence-corrected chi connectivity index (χ3v) is 2.67. The number of benzene rings is 1. The SMILES string of the molecule is N#Cc1ccc(NC([O-])=NCC[P+]([O-])([O-])O)cc1.[Na+].[Na+]. The van der Waals surface area contributed by atoms with Crippen molar-refractivity contribution in [2.75, 3.05) is 18.0 Å². The molecule has 0 radical (unpaired) electrons. The zero-order valence-corrected chi connectivity index (χ0v) is 16.1. The fourth-order valence-electron chi connectivity index (χ4n) is 1.07. The summed E-state index contributed by atoms with van der Waals surface area (Å²) in [5.41, 5.74) is 0.898. The average Bonchev–Trinajstić information content (AvgIpc) is 2.28. The van der Waals surface area contributed by atoms with Crippen LogP contribution in [0.1, 0.15) is 5.56 Å². The fourth-order valence-corrected chi connectivity index (χ4v) is 1.42. The minimum atomic E-state index is -4.37. The van der Waals surface area contributed by atoms with E-state index in [0.29, 0.717) is 11.3 Å². The Labute approximate surface area is 161 Å². The molecule has 0 amide bonds. The van der Waals surface area contributed by atoms with Gasteiger partial charge in [0, 0.05) is 13.6 Å². The van der Waals surface area contributed by atoms with E-state index in [1.165, 1.54) is 24.3 Å². The van der Waals surface area contributed by atoms with Gasteiger partial charge in [0.05, 0.1) is 30.4 Å². The zero-order valence-electron chi connectivity index (χ0n) is 11.2. The summed E-state index contributed by atoms with van der Waals surface area (Å²) in [5.74, 6) is 0. The molecule has 0 aliphatic carbocycles. The molecule has 0 saturated carbocycles. The first-order chi connectivity index (χ1) is 8.40. The number of amidine groups is 1. The van der Waals surface area contributed by atoms with Crippen LogP contribution >= 0.6 is 7.94 Å². The number of hydrogen-bond acceptors (Lipinski definition) is 6. The van der Waals surface area contributed by atoms with E-state index in [1.807, 2.05) is 6.07 Å². The van der Waals surface area contributed by atoms with Gasteiger partial charge in [-0.1, -0.05) is 0 Å². The van der Waals surface area contributed by atoms with Crippen LogP contribution in [-0.4, -0.2) is 23.6 Å². The summed E-state index contributed by atoms with van der Waals surface area (Å²) in [6.45, 7) is -0.306. The molecular weight excluding hydrogens is 303 g/mol. The van der Waals surface area contributed by atoms with Gasteiger partial charge in [-0.05, 0) is 24.3 Å². The van der Waals surface area contributed by atoms with Gasteiger partial charge >= 0.3 is 59.1 Å². The maximum Gasteiger partial charge on any atom is 1.00 e. The molecule has 0 aromatic heterocycles. The number of nitrogens with one attached hydrogen (secondary N) is 1. The summed E-state index contributed by atoms with van der Waals surface area (Å²) < 4.78 is 0. The number of rotatable bonds is 4. The Morgan fingerprint density at radius 3 is 2.30 bits per heavy atom. The van der Waals surface area contributed by atoms with E-state index in [9.17, 15) is 14.9 Å². The standard InChI is InChI=1S/C10H12N3O4P.2Na/c11-7-8-1-3-9(4-2-8)13-10(14)12-5-6-18(15,16)17;;/h1-4H,5-6H2,(H2,12,13,14)(H2,15,16,17);;/q;2*+1/p-2. The molecule has 0 saturated heterocycles. The van der Waals surface area contributed by atoms with E-state index in [0.717, 1.165) is 0 Å². The molecule has 10 heteroatoms. The van der Waals surface area contributed by atoms with E-state index >= 15 is 0 Å². The van der Waals surface area contributed by atoms with Gasteiger partial charge in [-0.15, -0.1) is 0 Å². The zero-order chi connectivity index (χ0) is 13.6. The van der Waals surface area contributed by atoms with Gasteiger partial charge in [-0.25, -0.2) is 0 Å². The van der Waals surface area contributed by atoms with Crippen molar-refractivity contribution in [3.8, 4) is 6.07 Å². The van der Waals surface area contributed by atoms with Crippen molar-refractivity contribution in [3.05, 3.63) is 29.8 Å². The number of anilines is 1. The molecule has 0 heterocycles. The smallest absolute Gasteiger partial charge is 0.846 e. The van der Waals surface area contributed by atoms with Gasteiger partial charge in [0.2, 0.25) is 0 Å². The van der Waals surface area contributed by atoms with Gasteiger partial charge in [0.25, 0.3) is 0 Å². The van der Waals surface area contributed by atoms with Gasteiger partial charge in [0.1, 0.15) is 0 Å². The van der Waals surface area contributed by atoms with Crippen LogP contribution in [0.3, 0.4) is 0 Å². The van der Waals surface area contributed by atoms with Crippen molar-refractivity contribution in [1.82, 2.24) is 0 Å². The molecule has 2 N–H and O–H groups in total. The van der Waals surface area contributed by atoms with Gasteiger partial charge in [0.15, 0.2) is 0 Å². The maximum atomic E-state index is 11.2. The van der Waals surface area contributed by atoms with E-state index in [-0.39, 0.29) is 65.7 Å². The fraction of sp³-hybridized carbons (Fsp3) is 0.200. The van der Waals surface area contributed by atoms with Crippen molar-refractivity contribution in [2.45, 2.75) is 0 Å². The van der Waals surface area contributed by atoms with E-state index in [2.05, 4.69) is 10.3 Å². The van der Waals surface area contributed by atoms with Crippen LogP contribution in [0.2, 0.25) is 0 Å². The number of aliphatic imine (C=N–C) groups is 1. The van der Waals surface area contributed by atoms with Gasteiger partial charge in [-0.2, -0.15) is 5.26 Å². The van der Waals surface area contributed by atoms with Crippen LogP contribution in [0.5, 0.6) is 0 Å². The van der Waals surface area contributed by atoms with Crippen molar-refractivity contribution < 1.29 is 78.9 Å². The van der Waals surface area contributed by atoms with Crippen LogP contribution in [0.15, 0.2) is 29.3 Å². The third-order valence-electron chi connectivity index (χ3n) is 1.90. The van der Waals surface area contributed by atoms with Crippen LogP contribution in [0.25, 0.3) is 0 Å². The largest absolute Gasteiger partial charge is 1.00 e. The quantitative estimate of drug-likeness (QED) is 0.245. The van der Waals surface area contributed by atoms with Crippen LogP contribution in [-0.2, 0) is 0 Å². The first-order valence-electron chi connectivity index (χ1n) is 4.92. The van der Waals surface area contributed by atoms with Crippen LogP contribution in [0, 0.1) is 11.3 Å². The van der Waals surface area contributed by atoms with Crippen molar-refractivity contribution in [2.24, 2.45) is 4.99 Å². The van der Waals surface area contributed by atoms with Crippen molar-refractivity contribution in [3.63, 3.8) is 0 Å². The van der Waals surface area contributed by atoms with Crippen LogP contribution < -0.4 is 79.3 Å². The predicted octanol–water partition coefficient (Wildman–Crippen LogP) is -7.83. The average molecular weight is 313 g/mol. The Morgan fingerprint density at radius 2 is 1.85 bits per heavy atom. The first-order valence-corrected chi connectivity index (χ1v) is 6.68. The molecule has 0 atom stereocenters. The summed E-state index contributed by atoms with van der Waals surface area (Å²) in [5, 5.41) is 22.2. The topological polar surface area (TPSA) is 138 Å². The molecule has 20 heavy (non-hydrogen) atoms. The van der Waals surface area contributed by atoms with Crippen molar-refractivity contribution in [1.29, 1.82) is 5.26 Å². The Balaban J connectivity index is 0. The third kappa shape index (κ3) is 10.1. The summed E-state index contributed by atoms with van der Waals surface area (Å²) in [4.78, 5) is 32.7. The molecule has 0 aliphatic heterocycles. The normalized spacial score (nSPS) is 10.8. The van der Waals surface area contributed by atoms with Gasteiger partial charge in [-0.3, -0.25) is 9.89 Å². The molecule has 96 valence electrons. The Kier molecular flexibility index (Phi) is 12.3. The predicted molar refractivity (Wildman–Crippen MR) is 61.1 cm³/mol. The summed E-state index contributed by atoms with van der Waals surface area (Å²) in [7, 11) is -4.37. The molecule has 1 aromatic carbocycles. The molecule has 0 unspecified atom stereocenters. The second kappa shape index (κ2) is 10.9. The van der Waals surface area contributed by atoms with E-state index in [1.54, 1.807) is 0 Å². The van der Waals surface area contributed by atoms with E-state index in [4.69, 9.17) is 10.2 Å². The van der Waals surface area contributed by atoms with Crippen molar-refractivity contribution >= 4 is 19.7 Å². The number of hydrogen-bond donors (Lipinski definition) is 2. The van der Waals surface area contributed by atoms with Gasteiger partial charge < -0.3 is 20.2 Å². The Bertz CT molecular complexity index is 471. The minimum Gasteiger partial charge on any atom is -0.846 e. The second-order valence-corrected chi connectivity index (χ2v) is 5.08. The molecule has 0 aliphatic rings. The molecule has 0 fully saturated rings. The second-order valence-electron chi connectivity index (χ2n) is 3.36. The Hall–Kier alpha value is 0.290. The number of nitrogens with zero attached hydrogens (tertiary/aromatic N) is 2. The Morgan fingerprint density at radius 1 is 1.30 bits per heavy atom. The molecular formula is C10H10N3Na2O4P. The molecule has 1 aromatic rings. The van der Waals surface area contributed by atoms with E-state index < -0.39 is 20.1 Å². The monoisotopic (exact) mass is 313 g/mol. The molecule has 0 bridgehead atoms. The van der Waals surface area contributed by atoms with Crippen LogP contribution in [0.4, 0.5) is 5.69 Å². The maximum absolute atomic E-state index is 11.2. The molecule has 0 spiro atoms.